The van der Waals surface area contributed by atoms with Crippen LogP contribution in [-0.2, 0) is 4.74 Å². The van der Waals surface area contributed by atoms with Crippen LogP contribution in [0, 0.1) is 11.7 Å². The van der Waals surface area contributed by atoms with E-state index in [0.29, 0.717) is 12.5 Å². The summed E-state index contributed by atoms with van der Waals surface area (Å²) in [7, 11) is 0. The van der Waals surface area contributed by atoms with Crippen LogP contribution in [0.25, 0.3) is 0 Å². The van der Waals surface area contributed by atoms with Crippen molar-refractivity contribution in [3.63, 3.8) is 0 Å². The van der Waals surface area contributed by atoms with Crippen LogP contribution in [-0.4, -0.2) is 80.9 Å². The minimum Gasteiger partial charge on any atom is -0.486 e. The Morgan fingerprint density at radius 3 is 2.86 bits per heavy atom. The molecule has 6 nitrogen and oxygen atoms in total. The Balaban J connectivity index is 1.51. The summed E-state index contributed by atoms with van der Waals surface area (Å²) in [6.07, 6.45) is 0.987. The molecule has 28 heavy (non-hydrogen) atoms. The number of hydrogen-bond donors (Lipinski definition) is 1. The Morgan fingerprint density at radius 1 is 1.32 bits per heavy atom. The van der Waals surface area contributed by atoms with Crippen molar-refractivity contribution >= 4 is 5.96 Å². The number of benzene rings is 1. The molecule has 1 aromatic carbocycles. The number of guanidine groups is 1. The first kappa shape index (κ1) is 20.9. The summed E-state index contributed by atoms with van der Waals surface area (Å²) in [6, 6.07) is 6.50. The molecule has 2 unspecified atom stereocenters. The predicted molar refractivity (Wildman–Crippen MR) is 109 cm³/mol. The molecule has 1 aromatic rings. The van der Waals surface area contributed by atoms with Crippen molar-refractivity contribution in [2.75, 3.05) is 59.0 Å². The van der Waals surface area contributed by atoms with E-state index in [1.165, 1.54) is 12.5 Å². The summed E-state index contributed by atoms with van der Waals surface area (Å²) in [4.78, 5) is 9.60. The Labute approximate surface area is 167 Å². The summed E-state index contributed by atoms with van der Waals surface area (Å²) >= 11 is 0. The largest absolute Gasteiger partial charge is 0.486 e. The topological polar surface area (TPSA) is 49.3 Å². The van der Waals surface area contributed by atoms with Crippen LogP contribution in [0.2, 0.25) is 0 Å². The van der Waals surface area contributed by atoms with Crippen LogP contribution < -0.4 is 10.1 Å². The van der Waals surface area contributed by atoms with Crippen molar-refractivity contribution in [1.82, 2.24) is 15.1 Å². The quantitative estimate of drug-likeness (QED) is 0.570. The number of morpholine rings is 1. The lowest BCUT2D eigenvalue weighted by molar-refractivity contribution is 0.0315. The smallest absolute Gasteiger partial charge is 0.194 e. The molecule has 0 saturated carbocycles. The highest BCUT2D eigenvalue weighted by Gasteiger charge is 2.27. The van der Waals surface area contributed by atoms with E-state index in [1.807, 2.05) is 6.92 Å². The zero-order chi connectivity index (χ0) is 19.8. The molecule has 3 rings (SSSR count). The van der Waals surface area contributed by atoms with E-state index < -0.39 is 0 Å². The lowest BCUT2D eigenvalue weighted by Crippen LogP contribution is -2.42. The number of halogens is 1. The first-order valence-electron chi connectivity index (χ1n) is 10.4. The molecular weight excluding hydrogens is 359 g/mol. The second kappa shape index (κ2) is 10.6. The van der Waals surface area contributed by atoms with Crippen LogP contribution in [0.1, 0.15) is 20.3 Å². The molecule has 2 fully saturated rings. The maximum absolute atomic E-state index is 13.8. The molecule has 0 aliphatic carbocycles. The average molecular weight is 393 g/mol. The molecule has 7 heteroatoms. The van der Waals surface area contributed by atoms with Gasteiger partial charge in [0, 0.05) is 39.3 Å². The minimum atomic E-state index is -0.337. The van der Waals surface area contributed by atoms with Gasteiger partial charge in [0.2, 0.25) is 0 Å². The SMILES string of the molecule is CCNC(=NCC(C)Oc1ccccc1F)N1CCC(CN2CCOCC2)C1. The minimum absolute atomic E-state index is 0.197. The molecule has 2 heterocycles. The number of ether oxygens (including phenoxy) is 2. The number of hydrogen-bond acceptors (Lipinski definition) is 4. The van der Waals surface area contributed by atoms with E-state index in [1.54, 1.807) is 18.2 Å². The highest BCUT2D eigenvalue weighted by Crippen LogP contribution is 2.19. The Hall–Kier alpha value is -1.86. The van der Waals surface area contributed by atoms with Crippen molar-refractivity contribution in [3.8, 4) is 5.75 Å². The van der Waals surface area contributed by atoms with Gasteiger partial charge in [-0.15, -0.1) is 0 Å². The van der Waals surface area contributed by atoms with Crippen molar-refractivity contribution in [2.45, 2.75) is 26.4 Å². The summed E-state index contributed by atoms with van der Waals surface area (Å²) < 4.78 is 24.9. The third-order valence-corrected chi connectivity index (χ3v) is 5.20. The van der Waals surface area contributed by atoms with Gasteiger partial charge >= 0.3 is 0 Å². The van der Waals surface area contributed by atoms with E-state index in [9.17, 15) is 4.39 Å². The number of likely N-dealkylation sites (tertiary alicyclic amines) is 1. The first-order chi connectivity index (χ1) is 13.7. The second-order valence-corrected chi connectivity index (χ2v) is 7.57. The fraction of sp³-hybridized carbons (Fsp3) is 0.667. The van der Waals surface area contributed by atoms with Gasteiger partial charge in [-0.2, -0.15) is 0 Å². The number of aliphatic imine (C=N–C) groups is 1. The predicted octanol–water partition coefficient (Wildman–Crippen LogP) is 2.21. The summed E-state index contributed by atoms with van der Waals surface area (Å²) in [5.74, 6) is 1.53. The maximum atomic E-state index is 13.8. The molecule has 0 amide bonds. The number of rotatable bonds is 7. The molecule has 0 bridgehead atoms. The molecule has 1 N–H and O–H groups in total. The number of nitrogens with one attached hydrogen (secondary N) is 1. The monoisotopic (exact) mass is 392 g/mol. The van der Waals surface area contributed by atoms with E-state index >= 15 is 0 Å². The standard InChI is InChI=1S/C21H33FN4O2/c1-3-23-21(24-14-17(2)28-20-7-5-4-6-19(20)22)26-9-8-18(16-26)15-25-10-12-27-13-11-25/h4-7,17-18H,3,8-16H2,1-2H3,(H,23,24). The van der Waals surface area contributed by atoms with Gasteiger partial charge < -0.3 is 19.7 Å². The van der Waals surface area contributed by atoms with Crippen LogP contribution in [0.15, 0.2) is 29.3 Å². The van der Waals surface area contributed by atoms with Crippen molar-refractivity contribution in [2.24, 2.45) is 10.9 Å². The van der Waals surface area contributed by atoms with Gasteiger partial charge in [0.05, 0.1) is 19.8 Å². The van der Waals surface area contributed by atoms with E-state index in [4.69, 9.17) is 14.5 Å². The lowest BCUT2D eigenvalue weighted by Gasteiger charge is -2.29. The van der Waals surface area contributed by atoms with Gasteiger partial charge in [-0.1, -0.05) is 12.1 Å². The first-order valence-corrected chi connectivity index (χ1v) is 10.4. The number of nitrogens with zero attached hydrogens (tertiary/aromatic N) is 3. The highest BCUT2D eigenvalue weighted by atomic mass is 19.1. The highest BCUT2D eigenvalue weighted by molar-refractivity contribution is 5.80. The van der Waals surface area contributed by atoms with Gasteiger partial charge in [-0.3, -0.25) is 4.90 Å². The van der Waals surface area contributed by atoms with Gasteiger partial charge in [-0.05, 0) is 38.3 Å². The normalized spacial score (nSPS) is 22.3. The molecule has 0 aromatic heterocycles. The molecule has 2 aliphatic rings. The Morgan fingerprint density at radius 2 is 2.11 bits per heavy atom. The van der Waals surface area contributed by atoms with E-state index in [-0.39, 0.29) is 17.7 Å². The number of para-hydroxylation sites is 1. The maximum Gasteiger partial charge on any atom is 0.194 e. The summed E-state index contributed by atoms with van der Waals surface area (Å²) in [5.41, 5.74) is 0. The third kappa shape index (κ3) is 6.07. The molecule has 156 valence electrons. The molecule has 2 aliphatic heterocycles. The lowest BCUT2D eigenvalue weighted by atomic mass is 10.1. The fourth-order valence-electron chi connectivity index (χ4n) is 3.76. The molecule has 2 saturated heterocycles. The summed E-state index contributed by atoms with van der Waals surface area (Å²) in [5, 5.41) is 3.39. The average Bonchev–Trinajstić information content (AvgIpc) is 3.16. The third-order valence-electron chi connectivity index (χ3n) is 5.20. The zero-order valence-corrected chi connectivity index (χ0v) is 17.1. The molecule has 2 atom stereocenters. The van der Waals surface area contributed by atoms with Crippen LogP contribution in [0.4, 0.5) is 4.39 Å². The van der Waals surface area contributed by atoms with E-state index in [0.717, 1.165) is 58.4 Å². The Kier molecular flexibility index (Phi) is 7.91. The zero-order valence-electron chi connectivity index (χ0n) is 17.1. The van der Waals surface area contributed by atoms with E-state index in [2.05, 4.69) is 22.0 Å². The Bertz CT molecular complexity index is 637. The van der Waals surface area contributed by atoms with Gasteiger partial charge in [0.1, 0.15) is 6.10 Å². The van der Waals surface area contributed by atoms with Crippen LogP contribution >= 0.6 is 0 Å². The van der Waals surface area contributed by atoms with Gasteiger partial charge in [-0.25, -0.2) is 9.38 Å². The molecular formula is C21H33FN4O2. The van der Waals surface area contributed by atoms with Crippen molar-refractivity contribution in [1.29, 1.82) is 0 Å². The van der Waals surface area contributed by atoms with Crippen molar-refractivity contribution in [3.05, 3.63) is 30.1 Å². The molecule has 0 spiro atoms. The molecule has 0 radical (unpaired) electrons. The van der Waals surface area contributed by atoms with Crippen LogP contribution in [0.3, 0.4) is 0 Å². The van der Waals surface area contributed by atoms with Crippen LogP contribution in [0.5, 0.6) is 5.75 Å². The van der Waals surface area contributed by atoms with Gasteiger partial charge in [0.15, 0.2) is 17.5 Å². The summed E-state index contributed by atoms with van der Waals surface area (Å²) in [6.45, 7) is 12.3. The van der Waals surface area contributed by atoms with Crippen molar-refractivity contribution < 1.29 is 13.9 Å². The van der Waals surface area contributed by atoms with Gasteiger partial charge in [0.25, 0.3) is 0 Å². The second-order valence-electron chi connectivity index (χ2n) is 7.57. The fourth-order valence-corrected chi connectivity index (χ4v) is 3.76.